The fraction of sp³-hybridized carbons (Fsp3) is 0.699. The molecule has 2 aliphatic heterocycles. The molecule has 0 aliphatic carbocycles. The van der Waals surface area contributed by atoms with Gasteiger partial charge >= 0.3 is 25.7 Å². The Bertz CT molecular complexity index is 2530. The fourth-order valence-corrected chi connectivity index (χ4v) is 12.4. The number of rotatable bonds is 54. The number of benzene rings is 2. The van der Waals surface area contributed by atoms with Crippen molar-refractivity contribution in [2.45, 2.75) is 299 Å². The minimum Gasteiger partial charge on any atom is -0.480 e. The number of amides is 1. The predicted molar refractivity (Wildman–Crippen MR) is 366 cm³/mol. The van der Waals surface area contributed by atoms with Crippen molar-refractivity contribution in [2.75, 3.05) is 26.4 Å². The number of aliphatic carboxylic acids is 1. The highest BCUT2D eigenvalue weighted by Gasteiger charge is 2.51. The van der Waals surface area contributed by atoms with Crippen LogP contribution in [-0.4, -0.2) is 170 Å². The molecule has 1 amide bonds. The number of hydrogen-bond acceptors (Lipinski definition) is 18. The molecule has 4 rings (SSSR count). The van der Waals surface area contributed by atoms with E-state index >= 15 is 0 Å². The van der Waals surface area contributed by atoms with Crippen LogP contribution in [0.25, 0.3) is 0 Å². The Labute approximate surface area is 570 Å². The van der Waals surface area contributed by atoms with E-state index in [0.29, 0.717) is 24.0 Å². The number of allylic oxidation sites excluding steroid dienone is 6. The maximum Gasteiger partial charge on any atom is 0.403 e. The third-order valence-corrected chi connectivity index (χ3v) is 18.3. The normalized spacial score (nSPS) is 23.1. The Balaban J connectivity index is 1.29. The second-order valence-corrected chi connectivity index (χ2v) is 27.0. The highest BCUT2D eigenvalue weighted by molar-refractivity contribution is 7.50. The molecular formula is C73H117N2O20P. The van der Waals surface area contributed by atoms with E-state index in [0.717, 1.165) is 77.0 Å². The first-order valence-corrected chi connectivity index (χ1v) is 37.3. The van der Waals surface area contributed by atoms with Crippen LogP contribution in [0.5, 0.6) is 0 Å². The number of carboxylic acids is 1. The molecule has 2 aromatic carbocycles. The van der Waals surface area contributed by atoms with Gasteiger partial charge in [-0.2, -0.15) is 0 Å². The van der Waals surface area contributed by atoms with E-state index in [4.69, 9.17) is 32.9 Å². The Kier molecular flexibility index (Phi) is 44.1. The van der Waals surface area contributed by atoms with Crippen LogP contribution in [0.4, 0.5) is 0 Å². The third-order valence-electron chi connectivity index (χ3n) is 17.2. The van der Waals surface area contributed by atoms with Crippen LogP contribution in [0.1, 0.15) is 218 Å². The summed E-state index contributed by atoms with van der Waals surface area (Å²) in [5, 5.41) is 81.0. The van der Waals surface area contributed by atoms with Crippen LogP contribution < -0.4 is 10.4 Å². The Hall–Kier alpha value is -4.75. The maximum absolute atomic E-state index is 13.7. The number of carbonyl (C=O) groups excluding carboxylic acids is 3. The molecule has 0 saturated carbocycles. The van der Waals surface area contributed by atoms with E-state index in [1.165, 1.54) is 89.9 Å². The van der Waals surface area contributed by atoms with Crippen molar-refractivity contribution in [3.05, 3.63) is 108 Å². The van der Waals surface area contributed by atoms with Crippen LogP contribution >= 0.6 is 7.75 Å². The number of ether oxygens (including phenoxy) is 6. The van der Waals surface area contributed by atoms with Crippen LogP contribution in [0.3, 0.4) is 0 Å². The molecule has 14 atom stereocenters. The number of aliphatic hydroxyl groups excluding tert-OH is 6. The lowest BCUT2D eigenvalue weighted by Crippen LogP contribution is -2.64. The molecule has 96 heavy (non-hydrogen) atoms. The Morgan fingerprint density at radius 3 is 1.53 bits per heavy atom. The summed E-state index contributed by atoms with van der Waals surface area (Å²) in [4.78, 5) is 63.4. The van der Waals surface area contributed by atoms with Crippen molar-refractivity contribution in [1.29, 1.82) is 0 Å². The molecule has 14 unspecified atom stereocenters. The van der Waals surface area contributed by atoms with Crippen molar-refractivity contribution in [1.82, 2.24) is 10.4 Å². The van der Waals surface area contributed by atoms with Gasteiger partial charge in [0.25, 0.3) is 0 Å². The van der Waals surface area contributed by atoms with Gasteiger partial charge < -0.3 is 74.4 Å². The van der Waals surface area contributed by atoms with Gasteiger partial charge in [0.05, 0.1) is 19.8 Å². The minimum absolute atomic E-state index is 0.0862. The quantitative estimate of drug-likeness (QED) is 0.0127. The predicted octanol–water partition coefficient (Wildman–Crippen LogP) is 10.6. The van der Waals surface area contributed by atoms with Crippen molar-refractivity contribution in [2.24, 2.45) is 0 Å². The molecule has 10 N–H and O–H groups in total. The summed E-state index contributed by atoms with van der Waals surface area (Å²) in [6.07, 6.45) is 24.4. The molecule has 2 heterocycles. The molecule has 544 valence electrons. The number of aliphatic hydroxyl groups is 6. The van der Waals surface area contributed by atoms with Gasteiger partial charge in [-0.15, -0.1) is 0 Å². The van der Waals surface area contributed by atoms with Crippen LogP contribution in [0.2, 0.25) is 0 Å². The standard InChI is InChI=1S/C73H117N2O20P/c1-3-5-7-9-11-13-15-17-19-20-21-22-24-25-27-29-31-33-41-47-62(77)89-52-57(92-63(78)48-42-34-32-30-28-26-23-18-16-14-12-10-8-6-4-2)53-90-72-68(83)66(81)69(60(51-76)93-72)95-73-67(82)65(80)64(79)61(94-73)54-91-96(87,88)75-58(49-55-43-37-35-38-44-55)70(84)74-59(71(85)86)50-56-45-39-36-40-46-56/h12,14,17-19,23,35-40,43-46,57-61,64-69,72-73,76,79-83H,3-11,13,15-16,20-22,24-34,41-42,47-54H2,1-2H3,(H,74,84)(H,85,86)(H2,75,87,88). The number of nitrogens with one attached hydrogen (secondary N) is 2. The zero-order valence-electron chi connectivity index (χ0n) is 57.1. The molecule has 23 heteroatoms. The zero-order valence-corrected chi connectivity index (χ0v) is 58.0. The van der Waals surface area contributed by atoms with E-state index < -0.39 is 131 Å². The molecule has 2 aliphatic rings. The monoisotopic (exact) mass is 1370 g/mol. The first-order chi connectivity index (χ1) is 46.5. The number of unbranched alkanes of at least 4 members (excludes halogenated alkanes) is 23. The Morgan fingerprint density at radius 2 is 1.00 bits per heavy atom. The lowest BCUT2D eigenvalue weighted by Gasteiger charge is -2.46. The number of esters is 2. The third kappa shape index (κ3) is 35.3. The van der Waals surface area contributed by atoms with Gasteiger partial charge in [0.2, 0.25) is 5.91 Å². The number of hydrogen-bond donors (Lipinski definition) is 10. The smallest absolute Gasteiger partial charge is 0.403 e. The highest BCUT2D eigenvalue weighted by atomic mass is 31.2. The van der Waals surface area contributed by atoms with Gasteiger partial charge in [-0.25, -0.2) is 14.4 Å². The van der Waals surface area contributed by atoms with E-state index in [-0.39, 0.29) is 32.3 Å². The van der Waals surface area contributed by atoms with Gasteiger partial charge in [-0.3, -0.25) is 18.9 Å². The average molecular weight is 1370 g/mol. The van der Waals surface area contributed by atoms with Crippen LogP contribution in [-0.2, 0) is 69.5 Å². The van der Waals surface area contributed by atoms with Crippen LogP contribution in [0.15, 0.2) is 97.1 Å². The Morgan fingerprint density at radius 1 is 0.542 bits per heavy atom. The lowest BCUT2D eigenvalue weighted by atomic mass is 9.97. The van der Waals surface area contributed by atoms with Gasteiger partial charge in [0.1, 0.15) is 67.5 Å². The summed E-state index contributed by atoms with van der Waals surface area (Å²) in [5.41, 5.74) is 1.13. The summed E-state index contributed by atoms with van der Waals surface area (Å²) in [5.74, 6) is -3.37. The van der Waals surface area contributed by atoms with Crippen molar-refractivity contribution >= 4 is 31.6 Å². The van der Waals surface area contributed by atoms with Crippen LogP contribution in [0, 0.1) is 0 Å². The number of carbonyl (C=O) groups is 4. The summed E-state index contributed by atoms with van der Waals surface area (Å²) in [6, 6.07) is 13.9. The maximum atomic E-state index is 13.7. The van der Waals surface area contributed by atoms with Crippen molar-refractivity contribution in [3.63, 3.8) is 0 Å². The molecule has 0 aromatic heterocycles. The molecule has 0 bridgehead atoms. The van der Waals surface area contributed by atoms with Gasteiger partial charge in [-0.1, -0.05) is 220 Å². The van der Waals surface area contributed by atoms with E-state index in [1.807, 2.05) is 0 Å². The lowest BCUT2D eigenvalue weighted by molar-refractivity contribution is -0.360. The van der Waals surface area contributed by atoms with Crippen molar-refractivity contribution < 1.29 is 97.3 Å². The average Bonchev–Trinajstić information content (AvgIpc) is 0.792. The molecule has 2 aromatic rings. The molecule has 2 saturated heterocycles. The SMILES string of the molecule is CCCCCC=CCC=CCCCCCCCC(=O)OC(COC(=O)CCCCCCCCCCCC=CCCCCCCCC)COC1OC(CO)C(OC2OC(COP(=O)(O)NC(Cc3ccccc3)C(=O)NC(Cc3ccccc3)C(=O)O)C(O)C(O)C2O)C(O)C1O. The van der Waals surface area contributed by atoms with Gasteiger partial charge in [0.15, 0.2) is 18.7 Å². The van der Waals surface area contributed by atoms with Gasteiger partial charge in [0, 0.05) is 19.3 Å². The topological polar surface area (TPSA) is 336 Å². The van der Waals surface area contributed by atoms with E-state index in [9.17, 15) is 64.4 Å². The molecule has 22 nitrogen and oxygen atoms in total. The summed E-state index contributed by atoms with van der Waals surface area (Å²) < 4.78 is 53.6. The molecule has 0 radical (unpaired) electrons. The molecule has 2 fully saturated rings. The summed E-state index contributed by atoms with van der Waals surface area (Å²) >= 11 is 0. The second-order valence-electron chi connectivity index (χ2n) is 25.5. The van der Waals surface area contributed by atoms with Gasteiger partial charge in [-0.05, 0) is 88.2 Å². The first kappa shape index (κ1) is 83.7. The molecular weight excluding hydrogens is 1260 g/mol. The molecule has 0 spiro atoms. The second kappa shape index (κ2) is 50.6. The van der Waals surface area contributed by atoms with E-state index in [1.54, 1.807) is 60.7 Å². The number of carboxylic acid groups (broad SMARTS) is 1. The van der Waals surface area contributed by atoms with E-state index in [2.05, 4.69) is 60.7 Å². The largest absolute Gasteiger partial charge is 0.480 e. The highest BCUT2D eigenvalue weighted by Crippen LogP contribution is 2.40. The fourth-order valence-electron chi connectivity index (χ4n) is 11.4. The zero-order chi connectivity index (χ0) is 69.6. The summed E-state index contributed by atoms with van der Waals surface area (Å²) in [7, 11) is -5.09. The minimum atomic E-state index is -5.09. The first-order valence-electron chi connectivity index (χ1n) is 35.7. The summed E-state index contributed by atoms with van der Waals surface area (Å²) in [6.45, 7) is 1.71. The van der Waals surface area contributed by atoms with Crippen molar-refractivity contribution in [3.8, 4) is 0 Å².